The van der Waals surface area contributed by atoms with Crippen molar-refractivity contribution < 1.29 is 0 Å². The van der Waals surface area contributed by atoms with E-state index in [0.717, 1.165) is 30.6 Å². The fourth-order valence-corrected chi connectivity index (χ4v) is 4.93. The quantitative estimate of drug-likeness (QED) is 0.424. The Kier molecular flexibility index (Phi) is 7.35. The highest BCUT2D eigenvalue weighted by molar-refractivity contribution is 5.20. The van der Waals surface area contributed by atoms with E-state index in [2.05, 4.69) is 65.5 Å². The van der Waals surface area contributed by atoms with Gasteiger partial charge in [0.15, 0.2) is 0 Å². The summed E-state index contributed by atoms with van der Waals surface area (Å²) in [5, 5.41) is 0. The van der Waals surface area contributed by atoms with Crippen LogP contribution in [0.25, 0.3) is 0 Å². The summed E-state index contributed by atoms with van der Waals surface area (Å²) in [6.07, 6.45) is 19.7. The van der Waals surface area contributed by atoms with E-state index in [-0.39, 0.29) is 0 Å². The Balaban J connectivity index is 2.23. The molecule has 0 amide bonds. The Morgan fingerprint density at radius 2 is 1.64 bits per heavy atom. The molecule has 1 fully saturated rings. The van der Waals surface area contributed by atoms with E-state index in [0.29, 0.717) is 5.41 Å². The molecule has 140 valence electrons. The second-order valence-electron chi connectivity index (χ2n) is 9.27. The SMILES string of the molecule is C=C1/C=C\[C@@]2(C)CC[C@H](C(C)C)[C@@H]2CC/C(C)=C\CC/C(C)=C\CC1. The molecule has 2 aliphatic rings. The second kappa shape index (κ2) is 9.06. The van der Waals surface area contributed by atoms with E-state index < -0.39 is 0 Å². The zero-order valence-corrected chi connectivity index (χ0v) is 17.4. The lowest BCUT2D eigenvalue weighted by molar-refractivity contribution is 0.198. The Morgan fingerprint density at radius 1 is 1.00 bits per heavy atom. The van der Waals surface area contributed by atoms with Crippen LogP contribution in [-0.4, -0.2) is 0 Å². The first-order chi connectivity index (χ1) is 11.8. The predicted octanol–water partition coefficient (Wildman–Crippen LogP) is 8.03. The van der Waals surface area contributed by atoms with Gasteiger partial charge in [0.1, 0.15) is 0 Å². The van der Waals surface area contributed by atoms with Crippen molar-refractivity contribution in [3.8, 4) is 0 Å². The Morgan fingerprint density at radius 3 is 2.32 bits per heavy atom. The smallest absolute Gasteiger partial charge is 0.0112 e. The topological polar surface area (TPSA) is 0 Å². The normalized spacial score (nSPS) is 38.1. The Bertz CT molecular complexity index is 542. The third-order valence-corrected chi connectivity index (χ3v) is 6.78. The van der Waals surface area contributed by atoms with Crippen LogP contribution in [0.15, 0.2) is 47.6 Å². The molecule has 0 aromatic heterocycles. The maximum absolute atomic E-state index is 4.31. The maximum Gasteiger partial charge on any atom is -0.0112 e. The average Bonchev–Trinajstić information content (AvgIpc) is 2.87. The van der Waals surface area contributed by atoms with Gasteiger partial charge in [0.2, 0.25) is 0 Å². The van der Waals surface area contributed by atoms with Crippen LogP contribution in [0.2, 0.25) is 0 Å². The third kappa shape index (κ3) is 5.73. The van der Waals surface area contributed by atoms with Crippen LogP contribution in [0.4, 0.5) is 0 Å². The summed E-state index contributed by atoms with van der Waals surface area (Å²) >= 11 is 0. The highest BCUT2D eigenvalue weighted by Crippen LogP contribution is 2.52. The molecule has 1 saturated carbocycles. The number of hydrogen-bond donors (Lipinski definition) is 0. The summed E-state index contributed by atoms with van der Waals surface area (Å²) in [5.74, 6) is 2.47. The van der Waals surface area contributed by atoms with Crippen molar-refractivity contribution in [1.82, 2.24) is 0 Å². The largest absolute Gasteiger partial charge is 0.0958 e. The Hall–Kier alpha value is -1.04. The molecule has 0 heteroatoms. The molecule has 0 bridgehead atoms. The van der Waals surface area contributed by atoms with E-state index in [1.807, 2.05) is 0 Å². The van der Waals surface area contributed by atoms with Gasteiger partial charge in [0, 0.05) is 0 Å². The first-order valence-corrected chi connectivity index (χ1v) is 10.5. The van der Waals surface area contributed by atoms with Gasteiger partial charge in [-0.2, -0.15) is 0 Å². The molecule has 0 unspecified atom stereocenters. The van der Waals surface area contributed by atoms with Crippen molar-refractivity contribution in [2.45, 2.75) is 86.0 Å². The number of rotatable bonds is 1. The van der Waals surface area contributed by atoms with Crippen LogP contribution in [0.3, 0.4) is 0 Å². The van der Waals surface area contributed by atoms with E-state index in [1.165, 1.54) is 49.7 Å². The molecule has 0 aromatic rings. The van der Waals surface area contributed by atoms with Crippen molar-refractivity contribution in [3.63, 3.8) is 0 Å². The van der Waals surface area contributed by atoms with Crippen LogP contribution in [0, 0.1) is 23.2 Å². The molecule has 0 heterocycles. The highest BCUT2D eigenvalue weighted by Gasteiger charge is 2.43. The van der Waals surface area contributed by atoms with Crippen LogP contribution in [0.5, 0.6) is 0 Å². The minimum absolute atomic E-state index is 0.351. The molecule has 0 aliphatic heterocycles. The zero-order chi connectivity index (χ0) is 18.4. The molecular weight excluding hydrogens is 300 g/mol. The van der Waals surface area contributed by atoms with Crippen LogP contribution >= 0.6 is 0 Å². The lowest BCUT2D eigenvalue weighted by atomic mass is 9.71. The lowest BCUT2D eigenvalue weighted by Crippen LogP contribution is -2.26. The van der Waals surface area contributed by atoms with Gasteiger partial charge in [-0.3, -0.25) is 0 Å². The molecule has 3 atom stereocenters. The first kappa shape index (κ1) is 20.3. The van der Waals surface area contributed by atoms with Crippen molar-refractivity contribution in [2.75, 3.05) is 0 Å². The summed E-state index contributed by atoms with van der Waals surface area (Å²) < 4.78 is 0. The maximum atomic E-state index is 4.31. The van der Waals surface area contributed by atoms with Crippen molar-refractivity contribution in [3.05, 3.63) is 47.6 Å². The molecule has 0 radical (unpaired) electrons. The van der Waals surface area contributed by atoms with E-state index >= 15 is 0 Å². The van der Waals surface area contributed by atoms with E-state index in [1.54, 1.807) is 5.57 Å². The molecule has 0 nitrogen and oxygen atoms in total. The fraction of sp³-hybridized carbons (Fsp3) is 0.680. The number of allylic oxidation sites excluding steroid dienone is 7. The molecule has 2 aliphatic carbocycles. The van der Waals surface area contributed by atoms with Crippen molar-refractivity contribution >= 4 is 0 Å². The van der Waals surface area contributed by atoms with Crippen molar-refractivity contribution in [1.29, 1.82) is 0 Å². The summed E-state index contributed by atoms with van der Waals surface area (Å²) in [5.41, 5.74) is 4.76. The monoisotopic (exact) mass is 340 g/mol. The van der Waals surface area contributed by atoms with Crippen LogP contribution in [0.1, 0.15) is 86.0 Å². The average molecular weight is 341 g/mol. The van der Waals surface area contributed by atoms with Gasteiger partial charge in [0.05, 0.1) is 0 Å². The predicted molar refractivity (Wildman–Crippen MR) is 113 cm³/mol. The number of hydrogen-bond acceptors (Lipinski definition) is 0. The van der Waals surface area contributed by atoms with Crippen molar-refractivity contribution in [2.24, 2.45) is 23.2 Å². The first-order valence-electron chi connectivity index (χ1n) is 10.5. The fourth-order valence-electron chi connectivity index (χ4n) is 4.93. The molecule has 25 heavy (non-hydrogen) atoms. The van der Waals surface area contributed by atoms with Crippen LogP contribution < -0.4 is 0 Å². The van der Waals surface area contributed by atoms with Gasteiger partial charge in [-0.15, -0.1) is 0 Å². The van der Waals surface area contributed by atoms with Gasteiger partial charge in [-0.1, -0.05) is 68.4 Å². The standard InChI is InChI=1S/C25H40/c1-19(2)23-16-18-25(6)17-15-22(5)12-8-10-20(3)9-7-11-21(4)13-14-24(23)25/h10-11,15,17,19,23-24H,5,7-9,12-14,16,18H2,1-4,6H3/b17-15-,20-10-,21-11-/t23-,24+,25+/m1/s1. The van der Waals surface area contributed by atoms with Gasteiger partial charge in [-0.25, -0.2) is 0 Å². The van der Waals surface area contributed by atoms with Crippen LogP contribution in [-0.2, 0) is 0 Å². The summed E-state index contributed by atoms with van der Waals surface area (Å²) in [4.78, 5) is 0. The van der Waals surface area contributed by atoms with Gasteiger partial charge >= 0.3 is 0 Å². The van der Waals surface area contributed by atoms with E-state index in [9.17, 15) is 0 Å². The third-order valence-electron chi connectivity index (χ3n) is 6.78. The lowest BCUT2D eigenvalue weighted by Gasteiger charge is -2.34. The Labute approximate surface area is 157 Å². The second-order valence-corrected chi connectivity index (χ2v) is 9.27. The minimum Gasteiger partial charge on any atom is -0.0958 e. The molecule has 0 spiro atoms. The summed E-state index contributed by atoms with van der Waals surface area (Å²) in [6.45, 7) is 16.3. The zero-order valence-electron chi connectivity index (χ0n) is 17.4. The molecule has 0 N–H and O–H groups in total. The molecule has 0 saturated heterocycles. The summed E-state index contributed by atoms with van der Waals surface area (Å²) in [7, 11) is 0. The van der Waals surface area contributed by atoms with Gasteiger partial charge in [0.25, 0.3) is 0 Å². The summed E-state index contributed by atoms with van der Waals surface area (Å²) in [6, 6.07) is 0. The van der Waals surface area contributed by atoms with Gasteiger partial charge < -0.3 is 0 Å². The molecule has 2 rings (SSSR count). The highest BCUT2D eigenvalue weighted by atomic mass is 14.5. The minimum atomic E-state index is 0.351. The molecular formula is C25H40. The van der Waals surface area contributed by atoms with Gasteiger partial charge in [-0.05, 0) is 88.4 Å². The van der Waals surface area contributed by atoms with E-state index in [4.69, 9.17) is 0 Å². The number of fused-ring (bicyclic) bond motifs is 1. The molecule has 0 aromatic carbocycles.